The van der Waals surface area contributed by atoms with E-state index < -0.39 is 0 Å². The first-order chi connectivity index (χ1) is 8.26. The quantitative estimate of drug-likeness (QED) is 0.658. The highest BCUT2D eigenvalue weighted by molar-refractivity contribution is 4.95. The van der Waals surface area contributed by atoms with E-state index in [4.69, 9.17) is 4.74 Å². The number of nitrogens with zero attached hydrogens (tertiary/aromatic N) is 3. The lowest BCUT2D eigenvalue weighted by molar-refractivity contribution is 0.124. The molecule has 0 aromatic carbocycles. The monoisotopic (exact) mass is 240 g/mol. The number of hydrogen-bond acceptors (Lipinski definition) is 4. The van der Waals surface area contributed by atoms with Crippen molar-refractivity contribution in [2.75, 3.05) is 19.8 Å². The van der Waals surface area contributed by atoms with Crippen LogP contribution in [0.5, 0.6) is 0 Å². The van der Waals surface area contributed by atoms with Crippen molar-refractivity contribution < 1.29 is 4.74 Å². The third-order valence-electron chi connectivity index (χ3n) is 2.56. The van der Waals surface area contributed by atoms with Gasteiger partial charge in [-0.2, -0.15) is 0 Å². The van der Waals surface area contributed by atoms with Crippen molar-refractivity contribution in [3.8, 4) is 0 Å². The van der Waals surface area contributed by atoms with E-state index in [1.165, 1.54) is 0 Å². The van der Waals surface area contributed by atoms with Crippen LogP contribution in [0.15, 0.2) is 6.20 Å². The third-order valence-corrected chi connectivity index (χ3v) is 2.56. The van der Waals surface area contributed by atoms with Gasteiger partial charge in [-0.25, -0.2) is 0 Å². The predicted molar refractivity (Wildman–Crippen MR) is 67.9 cm³/mol. The highest BCUT2D eigenvalue weighted by Gasteiger charge is 2.10. The summed E-state index contributed by atoms with van der Waals surface area (Å²) in [6.45, 7) is 6.88. The lowest BCUT2D eigenvalue weighted by Gasteiger charge is -2.16. The molecular formula is C12H24N4O. The molecule has 0 aliphatic carbocycles. The fraction of sp³-hybridized carbons (Fsp3) is 0.833. The zero-order valence-corrected chi connectivity index (χ0v) is 11.1. The van der Waals surface area contributed by atoms with Crippen molar-refractivity contribution in [1.82, 2.24) is 20.3 Å². The summed E-state index contributed by atoms with van der Waals surface area (Å²) in [6, 6.07) is 0.425. The molecule has 1 rings (SSSR count). The molecule has 0 amide bonds. The zero-order valence-electron chi connectivity index (χ0n) is 11.1. The number of ether oxygens (including phenoxy) is 1. The maximum absolute atomic E-state index is 5.52. The molecule has 0 saturated carbocycles. The molecule has 0 aliphatic heterocycles. The Bertz CT molecular complexity index is 300. The van der Waals surface area contributed by atoms with E-state index in [2.05, 4.69) is 29.5 Å². The second-order valence-electron chi connectivity index (χ2n) is 4.24. The van der Waals surface area contributed by atoms with Gasteiger partial charge in [-0.3, -0.25) is 4.68 Å². The van der Waals surface area contributed by atoms with Crippen LogP contribution in [0.4, 0.5) is 0 Å². The first-order valence-corrected chi connectivity index (χ1v) is 6.42. The van der Waals surface area contributed by atoms with Crippen molar-refractivity contribution in [3.05, 3.63) is 11.9 Å². The van der Waals surface area contributed by atoms with E-state index in [9.17, 15) is 0 Å². The Morgan fingerprint density at radius 2 is 2.24 bits per heavy atom. The lowest BCUT2D eigenvalue weighted by atomic mass is 10.1. The van der Waals surface area contributed by atoms with E-state index in [0.717, 1.165) is 44.7 Å². The molecule has 0 saturated heterocycles. The number of aromatic nitrogens is 3. The van der Waals surface area contributed by atoms with Gasteiger partial charge in [-0.1, -0.05) is 19.1 Å². The molecule has 0 fully saturated rings. The van der Waals surface area contributed by atoms with Gasteiger partial charge < -0.3 is 10.1 Å². The molecule has 1 N–H and O–H groups in total. The van der Waals surface area contributed by atoms with Gasteiger partial charge in [0.1, 0.15) is 0 Å². The molecule has 98 valence electrons. The zero-order chi connectivity index (χ0) is 12.5. The summed E-state index contributed by atoms with van der Waals surface area (Å²) in [5.74, 6) is 0. The number of rotatable bonds is 9. The molecule has 1 aromatic heterocycles. The van der Waals surface area contributed by atoms with Crippen LogP contribution in [-0.4, -0.2) is 40.8 Å². The van der Waals surface area contributed by atoms with Gasteiger partial charge >= 0.3 is 0 Å². The minimum absolute atomic E-state index is 0.425. The summed E-state index contributed by atoms with van der Waals surface area (Å²) in [6.07, 6.45) is 4.98. The highest BCUT2D eigenvalue weighted by atomic mass is 16.5. The number of hydrogen-bond donors (Lipinski definition) is 1. The van der Waals surface area contributed by atoms with Gasteiger partial charge in [0.2, 0.25) is 0 Å². The fourth-order valence-corrected chi connectivity index (χ4v) is 1.78. The Hall–Kier alpha value is -0.940. The molecule has 17 heavy (non-hydrogen) atoms. The van der Waals surface area contributed by atoms with Gasteiger partial charge in [0, 0.05) is 38.9 Å². The summed E-state index contributed by atoms with van der Waals surface area (Å²) >= 11 is 0. The summed E-state index contributed by atoms with van der Waals surface area (Å²) in [5.41, 5.74) is 1.04. The third kappa shape index (κ3) is 5.79. The summed E-state index contributed by atoms with van der Waals surface area (Å²) in [7, 11) is 1.89. The van der Waals surface area contributed by atoms with Crippen molar-refractivity contribution in [2.24, 2.45) is 7.05 Å². The molecule has 1 atom stereocenters. The smallest absolute Gasteiger partial charge is 0.0842 e. The Balaban J connectivity index is 2.32. The van der Waals surface area contributed by atoms with Gasteiger partial charge in [-0.15, -0.1) is 5.10 Å². The molecule has 5 heteroatoms. The molecule has 0 spiro atoms. The van der Waals surface area contributed by atoms with E-state index >= 15 is 0 Å². The molecule has 0 radical (unpaired) electrons. The molecule has 1 aromatic rings. The summed E-state index contributed by atoms with van der Waals surface area (Å²) in [5, 5.41) is 11.5. The second kappa shape index (κ2) is 8.20. The van der Waals surface area contributed by atoms with Crippen molar-refractivity contribution in [3.63, 3.8) is 0 Å². The largest absolute Gasteiger partial charge is 0.381 e. The average Bonchev–Trinajstić information content (AvgIpc) is 2.70. The first kappa shape index (κ1) is 14.1. The Labute approximate surface area is 104 Å². The Morgan fingerprint density at radius 1 is 1.41 bits per heavy atom. The number of nitrogens with one attached hydrogen (secondary N) is 1. The minimum atomic E-state index is 0.425. The number of likely N-dealkylation sites (N-methyl/N-ethyl adjacent to an activating group) is 1. The van der Waals surface area contributed by atoms with Crippen LogP contribution in [0.2, 0.25) is 0 Å². The maximum Gasteiger partial charge on any atom is 0.0842 e. The van der Waals surface area contributed by atoms with Crippen LogP contribution in [0.3, 0.4) is 0 Å². The molecule has 1 heterocycles. The summed E-state index contributed by atoms with van der Waals surface area (Å²) in [4.78, 5) is 0. The van der Waals surface area contributed by atoms with Crippen LogP contribution in [-0.2, 0) is 18.2 Å². The molecule has 0 bridgehead atoms. The van der Waals surface area contributed by atoms with Crippen LogP contribution >= 0.6 is 0 Å². The van der Waals surface area contributed by atoms with Gasteiger partial charge in [-0.05, 0) is 19.4 Å². The fourth-order valence-electron chi connectivity index (χ4n) is 1.78. The molecule has 1 unspecified atom stereocenters. The van der Waals surface area contributed by atoms with Crippen LogP contribution in [0.1, 0.15) is 32.4 Å². The Kier molecular flexibility index (Phi) is 6.81. The Morgan fingerprint density at radius 3 is 2.82 bits per heavy atom. The van der Waals surface area contributed by atoms with E-state index in [1.807, 2.05) is 13.2 Å². The minimum Gasteiger partial charge on any atom is -0.381 e. The maximum atomic E-state index is 5.52. The van der Waals surface area contributed by atoms with Gasteiger partial charge in [0.15, 0.2) is 0 Å². The standard InChI is InChI=1S/C12H24N4O/c1-4-7-17-8-6-11(13-5-2)9-12-10-16(3)15-14-12/h10-11,13H,4-9H2,1-3H3. The topological polar surface area (TPSA) is 52.0 Å². The second-order valence-corrected chi connectivity index (χ2v) is 4.24. The number of aryl methyl sites for hydroxylation is 1. The van der Waals surface area contributed by atoms with Gasteiger partial charge in [0.25, 0.3) is 0 Å². The van der Waals surface area contributed by atoms with E-state index in [1.54, 1.807) is 4.68 Å². The molecule has 5 nitrogen and oxygen atoms in total. The van der Waals surface area contributed by atoms with Crippen molar-refractivity contribution in [2.45, 2.75) is 39.2 Å². The highest BCUT2D eigenvalue weighted by Crippen LogP contribution is 2.03. The van der Waals surface area contributed by atoms with E-state index in [-0.39, 0.29) is 0 Å². The van der Waals surface area contributed by atoms with Crippen LogP contribution in [0, 0.1) is 0 Å². The van der Waals surface area contributed by atoms with Crippen LogP contribution < -0.4 is 5.32 Å². The van der Waals surface area contributed by atoms with Gasteiger partial charge in [0.05, 0.1) is 5.69 Å². The normalized spacial score (nSPS) is 12.9. The van der Waals surface area contributed by atoms with Crippen molar-refractivity contribution >= 4 is 0 Å². The lowest BCUT2D eigenvalue weighted by Crippen LogP contribution is -2.32. The molecule has 0 aliphatic rings. The summed E-state index contributed by atoms with van der Waals surface area (Å²) < 4.78 is 7.26. The predicted octanol–water partition coefficient (Wildman–Crippen LogP) is 1.15. The van der Waals surface area contributed by atoms with Crippen molar-refractivity contribution in [1.29, 1.82) is 0 Å². The van der Waals surface area contributed by atoms with Crippen LogP contribution in [0.25, 0.3) is 0 Å². The van der Waals surface area contributed by atoms with E-state index in [0.29, 0.717) is 6.04 Å². The molecular weight excluding hydrogens is 216 g/mol. The SMILES string of the molecule is CCCOCCC(Cc1cn(C)nn1)NCC. The first-order valence-electron chi connectivity index (χ1n) is 6.42. The average molecular weight is 240 g/mol.